The first-order valence-electron chi connectivity index (χ1n) is 12.8. The molecule has 0 bridgehead atoms. The van der Waals surface area contributed by atoms with Crippen molar-refractivity contribution in [2.24, 2.45) is 0 Å². The third-order valence-corrected chi connectivity index (χ3v) is 7.57. The molecule has 3 aromatic rings. The maximum atomic E-state index is 14.2. The average molecular weight is 490 g/mol. The predicted molar refractivity (Wildman–Crippen MR) is 137 cm³/mol. The Hall–Kier alpha value is -3.09. The number of nitrogens with zero attached hydrogens (tertiary/aromatic N) is 2. The lowest BCUT2D eigenvalue weighted by Gasteiger charge is -2.49. The molecule has 0 unspecified atom stereocenters. The summed E-state index contributed by atoms with van der Waals surface area (Å²) in [4.78, 5) is 18.6. The van der Waals surface area contributed by atoms with Crippen LogP contribution in [0.15, 0.2) is 78.9 Å². The van der Waals surface area contributed by atoms with Crippen LogP contribution >= 0.6 is 0 Å². The normalized spacial score (nSPS) is 19.9. The van der Waals surface area contributed by atoms with Gasteiger partial charge in [0.1, 0.15) is 11.6 Å². The summed E-state index contributed by atoms with van der Waals surface area (Å²) in [6.45, 7) is 3.62. The molecule has 0 radical (unpaired) electrons. The maximum absolute atomic E-state index is 14.2. The number of likely N-dealkylation sites (tertiary alicyclic amines) is 1. The van der Waals surface area contributed by atoms with Crippen molar-refractivity contribution in [3.63, 3.8) is 0 Å². The van der Waals surface area contributed by atoms with Crippen molar-refractivity contribution < 1.29 is 13.6 Å². The maximum Gasteiger partial charge on any atom is 0.240 e. The molecule has 0 spiro atoms. The second-order valence-corrected chi connectivity index (χ2v) is 10.1. The second-order valence-electron chi connectivity index (χ2n) is 10.1. The molecule has 0 aromatic heterocycles. The molecule has 0 aliphatic carbocycles. The van der Waals surface area contributed by atoms with Gasteiger partial charge < -0.3 is 10.2 Å². The van der Waals surface area contributed by atoms with Gasteiger partial charge in [0.05, 0.1) is 11.6 Å². The molecule has 2 heterocycles. The van der Waals surface area contributed by atoms with Gasteiger partial charge in [0.25, 0.3) is 0 Å². The Kier molecular flexibility index (Phi) is 7.44. The van der Waals surface area contributed by atoms with Crippen LogP contribution in [0.2, 0.25) is 0 Å². The van der Waals surface area contributed by atoms with E-state index < -0.39 is 5.54 Å². The van der Waals surface area contributed by atoms with Gasteiger partial charge in [0.15, 0.2) is 0 Å². The number of rotatable bonds is 7. The molecule has 3 aromatic carbocycles. The monoisotopic (exact) mass is 489 g/mol. The number of carbonyl (C=O) groups excluding carboxylic acids is 1. The zero-order valence-corrected chi connectivity index (χ0v) is 20.5. The highest BCUT2D eigenvalue weighted by Gasteiger charge is 2.45. The summed E-state index contributed by atoms with van der Waals surface area (Å²) in [6, 6.07) is 23.2. The third-order valence-electron chi connectivity index (χ3n) is 7.57. The lowest BCUT2D eigenvalue weighted by Crippen LogP contribution is -2.67. The first-order valence-corrected chi connectivity index (χ1v) is 12.8. The summed E-state index contributed by atoms with van der Waals surface area (Å²) >= 11 is 0. The third kappa shape index (κ3) is 5.50. The van der Waals surface area contributed by atoms with Gasteiger partial charge >= 0.3 is 0 Å². The Labute approximate surface area is 211 Å². The highest BCUT2D eigenvalue weighted by atomic mass is 19.1. The molecule has 4 nitrogen and oxygen atoms in total. The van der Waals surface area contributed by atoms with Crippen LogP contribution in [0.5, 0.6) is 0 Å². The molecule has 1 atom stereocenters. The summed E-state index contributed by atoms with van der Waals surface area (Å²) in [5, 5.41) is 3.51. The van der Waals surface area contributed by atoms with Crippen LogP contribution in [0.25, 0.3) is 0 Å². The van der Waals surface area contributed by atoms with Crippen molar-refractivity contribution in [1.29, 1.82) is 0 Å². The fraction of sp³-hybridized carbons (Fsp3) is 0.367. The largest absolute Gasteiger partial charge is 0.332 e. The molecule has 2 aliphatic heterocycles. The molecule has 188 valence electrons. The first-order chi connectivity index (χ1) is 17.5. The van der Waals surface area contributed by atoms with E-state index in [4.69, 9.17) is 0 Å². The molecule has 36 heavy (non-hydrogen) atoms. The Morgan fingerprint density at radius 2 is 1.44 bits per heavy atom. The van der Waals surface area contributed by atoms with E-state index in [1.807, 2.05) is 18.2 Å². The van der Waals surface area contributed by atoms with Gasteiger partial charge in [0, 0.05) is 26.2 Å². The van der Waals surface area contributed by atoms with Gasteiger partial charge in [-0.1, -0.05) is 54.6 Å². The summed E-state index contributed by atoms with van der Waals surface area (Å²) in [5.41, 5.74) is 2.63. The molecular weight excluding hydrogens is 456 g/mol. The quantitative estimate of drug-likeness (QED) is 0.528. The standard InChI is InChI=1S/C30H33F2N3O/c31-26-12-8-23(9-13-26)19-30(20-24-10-14-27(32)15-11-24)22-33-16-18-35(30)29(36)28-7-4-17-34(28)21-25-5-2-1-3-6-25/h1-3,5-6,8-15,28,33H,4,7,16-22H2/t28-/m0/s1. The fourth-order valence-corrected chi connectivity index (χ4v) is 5.82. The molecule has 0 saturated carbocycles. The highest BCUT2D eigenvalue weighted by Crippen LogP contribution is 2.32. The van der Waals surface area contributed by atoms with Crippen molar-refractivity contribution in [2.45, 2.75) is 43.8 Å². The average Bonchev–Trinajstić information content (AvgIpc) is 3.35. The first kappa shape index (κ1) is 24.6. The number of halogens is 2. The topological polar surface area (TPSA) is 35.6 Å². The number of hydrogen-bond donors (Lipinski definition) is 1. The number of benzene rings is 3. The minimum absolute atomic E-state index is 0.161. The number of carbonyl (C=O) groups is 1. The number of hydrogen-bond acceptors (Lipinski definition) is 3. The van der Waals surface area contributed by atoms with Crippen molar-refractivity contribution in [1.82, 2.24) is 15.1 Å². The van der Waals surface area contributed by atoms with Crippen molar-refractivity contribution >= 4 is 5.91 Å². The zero-order chi connectivity index (χ0) is 25.0. The Balaban J connectivity index is 1.45. The summed E-state index contributed by atoms with van der Waals surface area (Å²) in [7, 11) is 0. The molecule has 5 rings (SSSR count). The van der Waals surface area contributed by atoms with E-state index in [1.165, 1.54) is 29.8 Å². The second kappa shape index (κ2) is 10.9. The van der Waals surface area contributed by atoms with E-state index in [9.17, 15) is 13.6 Å². The fourth-order valence-electron chi connectivity index (χ4n) is 5.82. The minimum Gasteiger partial charge on any atom is -0.332 e. The van der Waals surface area contributed by atoms with E-state index in [0.29, 0.717) is 25.9 Å². The summed E-state index contributed by atoms with van der Waals surface area (Å²) in [5.74, 6) is -0.388. The Bertz CT molecular complexity index is 1100. The molecule has 6 heteroatoms. The van der Waals surface area contributed by atoms with E-state index in [2.05, 4.69) is 27.2 Å². The smallest absolute Gasteiger partial charge is 0.240 e. The van der Waals surface area contributed by atoms with Crippen LogP contribution in [0, 0.1) is 11.6 Å². The number of nitrogens with one attached hydrogen (secondary N) is 1. The van der Waals surface area contributed by atoms with E-state index in [1.54, 1.807) is 24.3 Å². The number of piperazine rings is 1. The predicted octanol–water partition coefficient (Wildman–Crippen LogP) is 4.59. The van der Waals surface area contributed by atoms with Crippen LogP contribution < -0.4 is 5.32 Å². The van der Waals surface area contributed by atoms with Crippen LogP contribution in [0.4, 0.5) is 8.78 Å². The lowest BCUT2D eigenvalue weighted by molar-refractivity contribution is -0.144. The van der Waals surface area contributed by atoms with Crippen LogP contribution in [-0.2, 0) is 24.2 Å². The van der Waals surface area contributed by atoms with Crippen LogP contribution in [0.1, 0.15) is 29.5 Å². The molecule has 1 N–H and O–H groups in total. The van der Waals surface area contributed by atoms with Gasteiger partial charge in [0.2, 0.25) is 5.91 Å². The van der Waals surface area contributed by atoms with E-state index >= 15 is 0 Å². The van der Waals surface area contributed by atoms with Crippen molar-refractivity contribution in [3.05, 3.63) is 107 Å². The Morgan fingerprint density at radius 1 is 0.833 bits per heavy atom. The lowest BCUT2D eigenvalue weighted by atomic mass is 9.81. The van der Waals surface area contributed by atoms with Gasteiger partial charge in [-0.2, -0.15) is 0 Å². The summed E-state index contributed by atoms with van der Waals surface area (Å²) in [6.07, 6.45) is 3.03. The van der Waals surface area contributed by atoms with Crippen molar-refractivity contribution in [2.75, 3.05) is 26.2 Å². The molecular formula is C30H33F2N3O. The van der Waals surface area contributed by atoms with Gasteiger partial charge in [-0.3, -0.25) is 9.69 Å². The van der Waals surface area contributed by atoms with Gasteiger partial charge in [-0.05, 0) is 73.2 Å². The van der Waals surface area contributed by atoms with Gasteiger partial charge in [-0.25, -0.2) is 8.78 Å². The SMILES string of the molecule is O=C([C@@H]1CCCN1Cc1ccccc1)N1CCNCC1(Cc1ccc(F)cc1)Cc1ccc(F)cc1. The molecule has 1 amide bonds. The highest BCUT2D eigenvalue weighted by molar-refractivity contribution is 5.83. The molecule has 2 aliphatic rings. The zero-order valence-electron chi connectivity index (χ0n) is 20.5. The van der Waals surface area contributed by atoms with E-state index in [0.717, 1.165) is 43.6 Å². The van der Waals surface area contributed by atoms with E-state index in [-0.39, 0.29) is 23.6 Å². The van der Waals surface area contributed by atoms with Gasteiger partial charge in [-0.15, -0.1) is 0 Å². The number of amides is 1. The van der Waals surface area contributed by atoms with Crippen LogP contribution in [-0.4, -0.2) is 53.5 Å². The molecule has 2 saturated heterocycles. The molecule has 2 fully saturated rings. The van der Waals surface area contributed by atoms with Crippen LogP contribution in [0.3, 0.4) is 0 Å². The Morgan fingerprint density at radius 3 is 2.06 bits per heavy atom. The van der Waals surface area contributed by atoms with Crippen molar-refractivity contribution in [3.8, 4) is 0 Å². The summed E-state index contributed by atoms with van der Waals surface area (Å²) < 4.78 is 27.3. The minimum atomic E-state index is -0.536.